The summed E-state index contributed by atoms with van der Waals surface area (Å²) in [5.74, 6) is -1.20. The minimum absolute atomic E-state index is 0.0228. The Balaban J connectivity index is 2.44. The smallest absolute Gasteiger partial charge is 0.341 e. The van der Waals surface area contributed by atoms with Crippen LogP contribution < -0.4 is 4.74 Å². The predicted molar refractivity (Wildman–Crippen MR) is 105 cm³/mol. The van der Waals surface area contributed by atoms with Gasteiger partial charge in [0, 0.05) is 0 Å². The summed E-state index contributed by atoms with van der Waals surface area (Å²) in [6.07, 6.45) is 1.28. The van der Waals surface area contributed by atoms with Gasteiger partial charge in [-0.3, -0.25) is 0 Å². The van der Waals surface area contributed by atoms with Gasteiger partial charge in [-0.15, -0.1) is 0 Å². The summed E-state index contributed by atoms with van der Waals surface area (Å²) in [5, 5.41) is 9.19. The van der Waals surface area contributed by atoms with Crippen LogP contribution in [0.4, 0.5) is 0 Å². The zero-order chi connectivity index (χ0) is 21.4. The maximum absolute atomic E-state index is 12.1. The van der Waals surface area contributed by atoms with Crippen LogP contribution in [0, 0.1) is 11.3 Å². The van der Waals surface area contributed by atoms with Gasteiger partial charge in [0.05, 0.1) is 44.2 Å². The van der Waals surface area contributed by atoms with Crippen LogP contribution in [0.2, 0.25) is 5.02 Å². The van der Waals surface area contributed by atoms with Crippen LogP contribution in [0.25, 0.3) is 5.57 Å². The summed E-state index contributed by atoms with van der Waals surface area (Å²) in [7, 11) is 3.90. The van der Waals surface area contributed by atoms with E-state index in [4.69, 9.17) is 35.8 Å². The molecule has 8 heteroatoms. The van der Waals surface area contributed by atoms with Crippen LogP contribution in [0.1, 0.15) is 27.0 Å². The third-order valence-corrected chi connectivity index (χ3v) is 4.18. The highest BCUT2D eigenvalue weighted by Crippen LogP contribution is 2.32. The molecule has 0 bridgehead atoms. The van der Waals surface area contributed by atoms with Gasteiger partial charge in [-0.1, -0.05) is 35.9 Å². The molecule has 0 saturated heterocycles. The van der Waals surface area contributed by atoms with E-state index < -0.39 is 11.9 Å². The van der Waals surface area contributed by atoms with Gasteiger partial charge in [0.15, 0.2) is 5.75 Å². The van der Waals surface area contributed by atoms with E-state index in [-0.39, 0.29) is 34.1 Å². The molecule has 0 aliphatic heterocycles. The Kier molecular flexibility index (Phi) is 7.63. The molecule has 0 unspecified atom stereocenters. The summed E-state index contributed by atoms with van der Waals surface area (Å²) in [6.45, 7) is -0.0240. The number of rotatable bonds is 7. The molecule has 2 aromatic rings. The van der Waals surface area contributed by atoms with Crippen molar-refractivity contribution in [1.29, 1.82) is 5.26 Å². The molecule has 2 rings (SSSR count). The van der Waals surface area contributed by atoms with Crippen molar-refractivity contribution >= 4 is 29.1 Å². The molecule has 0 spiro atoms. The second-order valence-corrected chi connectivity index (χ2v) is 6.05. The van der Waals surface area contributed by atoms with Crippen LogP contribution in [0.15, 0.2) is 42.7 Å². The Morgan fingerprint density at radius 2 is 1.83 bits per heavy atom. The van der Waals surface area contributed by atoms with E-state index in [1.54, 1.807) is 24.3 Å². The van der Waals surface area contributed by atoms with Crippen molar-refractivity contribution in [3.05, 3.63) is 69.9 Å². The number of ether oxygens (including phenoxy) is 4. The second kappa shape index (κ2) is 10.2. The average molecular weight is 416 g/mol. The molecule has 0 atom stereocenters. The molecule has 0 fully saturated rings. The topological polar surface area (TPSA) is 94.9 Å². The van der Waals surface area contributed by atoms with E-state index >= 15 is 0 Å². The van der Waals surface area contributed by atoms with E-state index in [0.717, 1.165) is 0 Å². The Labute approximate surface area is 173 Å². The molecule has 0 aliphatic carbocycles. The monoisotopic (exact) mass is 415 g/mol. The number of nitriles is 1. The largest absolute Gasteiger partial charge is 0.503 e. The zero-order valence-corrected chi connectivity index (χ0v) is 16.8. The standard InChI is InChI=1S/C21H18ClNO6/c1-26-12-17(21(25)28-3)15-7-5-4-6-14(15)11-29-19-16(20(24)27-2)8-13(10-23)9-18(19)22/h4-9,12H,11H2,1-3H3/b17-12+. The SMILES string of the molecule is CO/C=C(/C(=O)OC)c1ccccc1COc1c(Cl)cc(C#N)cc1C(=O)OC. The third-order valence-electron chi connectivity index (χ3n) is 3.90. The first-order valence-corrected chi connectivity index (χ1v) is 8.68. The zero-order valence-electron chi connectivity index (χ0n) is 16.0. The minimum atomic E-state index is -0.693. The van der Waals surface area contributed by atoms with E-state index in [1.807, 2.05) is 6.07 Å². The van der Waals surface area contributed by atoms with Crippen LogP contribution >= 0.6 is 11.6 Å². The highest BCUT2D eigenvalue weighted by Gasteiger charge is 2.21. The molecule has 0 aliphatic rings. The number of hydrogen-bond acceptors (Lipinski definition) is 7. The number of esters is 2. The summed E-state index contributed by atoms with van der Waals surface area (Å²) in [5.41, 5.74) is 1.57. The summed E-state index contributed by atoms with van der Waals surface area (Å²) >= 11 is 6.22. The van der Waals surface area contributed by atoms with Crippen molar-refractivity contribution < 1.29 is 28.5 Å². The van der Waals surface area contributed by atoms with Crippen LogP contribution in [-0.4, -0.2) is 33.3 Å². The van der Waals surface area contributed by atoms with Crippen molar-refractivity contribution in [2.24, 2.45) is 0 Å². The molecule has 0 amide bonds. The van der Waals surface area contributed by atoms with E-state index in [2.05, 4.69) is 0 Å². The summed E-state index contributed by atoms with van der Waals surface area (Å²) in [4.78, 5) is 24.2. The summed E-state index contributed by atoms with van der Waals surface area (Å²) < 4.78 is 20.3. The van der Waals surface area contributed by atoms with Crippen LogP contribution in [0.5, 0.6) is 5.75 Å². The van der Waals surface area contributed by atoms with Gasteiger partial charge in [0.1, 0.15) is 17.7 Å². The molecule has 0 aromatic heterocycles. The number of methoxy groups -OCH3 is 3. The lowest BCUT2D eigenvalue weighted by Gasteiger charge is -2.15. The van der Waals surface area contributed by atoms with E-state index in [1.165, 1.54) is 39.7 Å². The van der Waals surface area contributed by atoms with Crippen molar-refractivity contribution in [2.45, 2.75) is 6.61 Å². The maximum Gasteiger partial charge on any atom is 0.341 e. The molecule has 0 heterocycles. The Bertz CT molecular complexity index is 993. The van der Waals surface area contributed by atoms with Gasteiger partial charge in [-0.25, -0.2) is 9.59 Å². The third kappa shape index (κ3) is 5.06. The molecule has 150 valence electrons. The predicted octanol–water partition coefficient (Wildman–Crippen LogP) is 3.74. The first kappa shape index (κ1) is 21.8. The lowest BCUT2D eigenvalue weighted by Crippen LogP contribution is -2.10. The maximum atomic E-state index is 12.1. The average Bonchev–Trinajstić information content (AvgIpc) is 2.75. The van der Waals surface area contributed by atoms with Gasteiger partial charge in [-0.2, -0.15) is 5.26 Å². The van der Waals surface area contributed by atoms with Gasteiger partial charge in [-0.05, 0) is 23.3 Å². The van der Waals surface area contributed by atoms with Crippen LogP contribution in [0.3, 0.4) is 0 Å². The highest BCUT2D eigenvalue weighted by atomic mass is 35.5. The number of nitrogens with zero attached hydrogens (tertiary/aromatic N) is 1. The van der Waals surface area contributed by atoms with Crippen molar-refractivity contribution in [1.82, 2.24) is 0 Å². The first-order chi connectivity index (χ1) is 14.0. The second-order valence-electron chi connectivity index (χ2n) is 5.64. The van der Waals surface area contributed by atoms with Crippen LogP contribution in [-0.2, 0) is 25.6 Å². The molecule has 0 saturated carbocycles. The van der Waals surface area contributed by atoms with Gasteiger partial charge in [0.2, 0.25) is 0 Å². The fourth-order valence-electron chi connectivity index (χ4n) is 2.57. The van der Waals surface area contributed by atoms with Crippen molar-refractivity contribution in [3.63, 3.8) is 0 Å². The normalized spacial score (nSPS) is 10.7. The molecular weight excluding hydrogens is 398 g/mol. The van der Waals surface area contributed by atoms with Gasteiger partial charge in [0.25, 0.3) is 0 Å². The molecule has 0 radical (unpaired) electrons. The molecule has 29 heavy (non-hydrogen) atoms. The fourth-order valence-corrected chi connectivity index (χ4v) is 2.85. The molecular formula is C21H18ClNO6. The fraction of sp³-hybridized carbons (Fsp3) is 0.190. The molecule has 2 aromatic carbocycles. The quantitative estimate of drug-likeness (QED) is 0.386. The van der Waals surface area contributed by atoms with Crippen molar-refractivity contribution in [2.75, 3.05) is 21.3 Å². The Hall–Kier alpha value is -3.50. The Morgan fingerprint density at radius 1 is 1.10 bits per heavy atom. The molecule has 0 N–H and O–H groups in total. The number of hydrogen-bond donors (Lipinski definition) is 0. The van der Waals surface area contributed by atoms with Gasteiger partial charge < -0.3 is 18.9 Å². The number of halogens is 1. The number of carbonyl (C=O) groups excluding carboxylic acids is 2. The first-order valence-electron chi connectivity index (χ1n) is 8.31. The number of benzene rings is 2. The minimum Gasteiger partial charge on any atom is -0.503 e. The highest BCUT2D eigenvalue weighted by molar-refractivity contribution is 6.32. The van der Waals surface area contributed by atoms with E-state index in [9.17, 15) is 9.59 Å². The van der Waals surface area contributed by atoms with E-state index in [0.29, 0.717) is 11.1 Å². The van der Waals surface area contributed by atoms with Gasteiger partial charge >= 0.3 is 11.9 Å². The number of carbonyl (C=O) groups is 2. The molecule has 7 nitrogen and oxygen atoms in total. The lowest BCUT2D eigenvalue weighted by atomic mass is 10.0. The van der Waals surface area contributed by atoms with Crippen molar-refractivity contribution in [3.8, 4) is 11.8 Å². The summed E-state index contributed by atoms with van der Waals surface area (Å²) in [6, 6.07) is 11.6. The Morgan fingerprint density at radius 3 is 2.45 bits per heavy atom. The lowest BCUT2D eigenvalue weighted by molar-refractivity contribution is -0.133.